The third-order valence-corrected chi connectivity index (χ3v) is 2.52. The van der Waals surface area contributed by atoms with E-state index >= 15 is 0 Å². The van der Waals surface area contributed by atoms with Gasteiger partial charge in [-0.15, -0.1) is 0 Å². The molecule has 0 aliphatic carbocycles. The molecule has 0 saturated carbocycles. The molecule has 1 heterocycles. The van der Waals surface area contributed by atoms with E-state index in [1.807, 2.05) is 37.2 Å². The lowest BCUT2D eigenvalue weighted by molar-refractivity contribution is 0.470. The second kappa shape index (κ2) is 4.47. The van der Waals surface area contributed by atoms with E-state index in [1.54, 1.807) is 16.8 Å². The van der Waals surface area contributed by atoms with E-state index in [0.29, 0.717) is 12.2 Å². The summed E-state index contributed by atoms with van der Waals surface area (Å²) in [6.07, 6.45) is 0. The largest absolute Gasteiger partial charge is 0.506 e. The number of para-hydroxylation sites is 2. The number of nitrogens with zero attached hydrogens (tertiary/aromatic N) is 3. The van der Waals surface area contributed by atoms with Crippen molar-refractivity contribution in [1.82, 2.24) is 9.78 Å². The van der Waals surface area contributed by atoms with Gasteiger partial charge in [-0.05, 0) is 12.1 Å². The topological polar surface area (TPSA) is 67.3 Å². The Bertz CT molecular complexity index is 519. The molecule has 0 aliphatic heterocycles. The van der Waals surface area contributed by atoms with Gasteiger partial charge in [0.15, 0.2) is 0 Å². The molecule has 0 radical (unpaired) electrons. The summed E-state index contributed by atoms with van der Waals surface area (Å²) in [5.74, 6) is 1.08. The highest BCUT2D eigenvalue weighted by atomic mass is 16.3. The summed E-state index contributed by atoms with van der Waals surface area (Å²) in [5.41, 5.74) is 7.03. The quantitative estimate of drug-likeness (QED) is 0.831. The van der Waals surface area contributed by atoms with Crippen LogP contribution in [0.3, 0.4) is 0 Å². The summed E-state index contributed by atoms with van der Waals surface area (Å²) in [5, 5.41) is 14.2. The number of hydrogen-bond acceptors (Lipinski definition) is 4. The molecule has 3 N–H and O–H groups in total. The van der Waals surface area contributed by atoms with Crippen LogP contribution >= 0.6 is 0 Å². The maximum Gasteiger partial charge on any atom is 0.141 e. The number of phenols is 1. The van der Waals surface area contributed by atoms with Crippen molar-refractivity contribution in [3.05, 3.63) is 36.0 Å². The molecule has 5 nitrogen and oxygen atoms in total. The van der Waals surface area contributed by atoms with Crippen LogP contribution < -0.4 is 10.6 Å². The summed E-state index contributed by atoms with van der Waals surface area (Å²) >= 11 is 0. The van der Waals surface area contributed by atoms with Gasteiger partial charge in [-0.1, -0.05) is 12.1 Å². The van der Waals surface area contributed by atoms with Crippen molar-refractivity contribution < 1.29 is 5.11 Å². The third kappa shape index (κ3) is 2.09. The molecule has 2 aromatic rings. The molecule has 2 rings (SSSR count). The minimum absolute atomic E-state index is 0.197. The zero-order chi connectivity index (χ0) is 12.4. The highest BCUT2D eigenvalue weighted by molar-refractivity contribution is 5.53. The van der Waals surface area contributed by atoms with Crippen LogP contribution in [0.2, 0.25) is 0 Å². The second-order valence-electron chi connectivity index (χ2n) is 3.99. The number of aromatic hydroxyl groups is 1. The number of rotatable bonds is 3. The summed E-state index contributed by atoms with van der Waals surface area (Å²) in [7, 11) is 3.85. The first-order valence-electron chi connectivity index (χ1n) is 5.38. The molecule has 0 amide bonds. The highest BCUT2D eigenvalue weighted by Crippen LogP contribution is 2.25. The molecule has 17 heavy (non-hydrogen) atoms. The summed E-state index contributed by atoms with van der Waals surface area (Å²) in [4.78, 5) is 1.93. The van der Waals surface area contributed by atoms with Gasteiger partial charge < -0.3 is 15.7 Å². The molecule has 0 atom stereocenters. The predicted molar refractivity (Wildman–Crippen MR) is 67.4 cm³/mol. The van der Waals surface area contributed by atoms with Gasteiger partial charge in [0.2, 0.25) is 0 Å². The number of anilines is 1. The summed E-state index contributed by atoms with van der Waals surface area (Å²) in [6, 6.07) is 9.00. The zero-order valence-electron chi connectivity index (χ0n) is 9.96. The Morgan fingerprint density at radius 1 is 1.35 bits per heavy atom. The molecule has 1 aromatic carbocycles. The predicted octanol–water partition coefficient (Wildman–Crippen LogP) is 1.10. The van der Waals surface area contributed by atoms with E-state index < -0.39 is 0 Å². The average molecular weight is 232 g/mol. The van der Waals surface area contributed by atoms with Crippen molar-refractivity contribution in [2.24, 2.45) is 5.73 Å². The molecule has 0 saturated heterocycles. The first kappa shape index (κ1) is 11.5. The monoisotopic (exact) mass is 232 g/mol. The number of phenolic OH excluding ortho intramolecular Hbond substituents is 1. The fourth-order valence-electron chi connectivity index (χ4n) is 1.66. The normalized spacial score (nSPS) is 10.5. The lowest BCUT2D eigenvalue weighted by atomic mass is 10.3. The van der Waals surface area contributed by atoms with Crippen molar-refractivity contribution in [3.8, 4) is 11.4 Å². The highest BCUT2D eigenvalue weighted by Gasteiger charge is 2.12. The first-order chi connectivity index (χ1) is 8.13. The SMILES string of the molecule is CN(C)c1cc(CN)nn1-c1ccccc1O. The van der Waals surface area contributed by atoms with Gasteiger partial charge in [-0.25, -0.2) is 4.68 Å². The van der Waals surface area contributed by atoms with Crippen molar-refractivity contribution >= 4 is 5.82 Å². The van der Waals surface area contributed by atoms with E-state index in [0.717, 1.165) is 11.5 Å². The molecule has 90 valence electrons. The Balaban J connectivity index is 2.58. The van der Waals surface area contributed by atoms with Crippen molar-refractivity contribution in [1.29, 1.82) is 0 Å². The molecule has 5 heteroatoms. The Labute approximate surface area is 100 Å². The van der Waals surface area contributed by atoms with Gasteiger partial charge >= 0.3 is 0 Å². The Morgan fingerprint density at radius 3 is 2.65 bits per heavy atom. The van der Waals surface area contributed by atoms with Gasteiger partial charge in [0.05, 0.1) is 5.69 Å². The first-order valence-corrected chi connectivity index (χ1v) is 5.38. The van der Waals surface area contributed by atoms with Crippen LogP contribution in [0.25, 0.3) is 5.69 Å². The van der Waals surface area contributed by atoms with Gasteiger partial charge in [-0.2, -0.15) is 5.10 Å². The van der Waals surface area contributed by atoms with E-state index in [1.165, 1.54) is 0 Å². The van der Waals surface area contributed by atoms with Crippen molar-refractivity contribution in [2.45, 2.75) is 6.54 Å². The van der Waals surface area contributed by atoms with Crippen LogP contribution in [0.15, 0.2) is 30.3 Å². The fraction of sp³-hybridized carbons (Fsp3) is 0.250. The van der Waals surface area contributed by atoms with E-state index in [2.05, 4.69) is 5.10 Å². The fourth-order valence-corrected chi connectivity index (χ4v) is 1.66. The van der Waals surface area contributed by atoms with E-state index in [9.17, 15) is 5.11 Å². The number of aromatic nitrogens is 2. The van der Waals surface area contributed by atoms with E-state index in [4.69, 9.17) is 5.73 Å². The van der Waals surface area contributed by atoms with E-state index in [-0.39, 0.29) is 5.75 Å². The summed E-state index contributed by atoms with van der Waals surface area (Å²) < 4.78 is 1.69. The van der Waals surface area contributed by atoms with Crippen LogP contribution in [-0.2, 0) is 6.54 Å². The average Bonchev–Trinajstić information content (AvgIpc) is 2.73. The van der Waals surface area contributed by atoms with Crippen LogP contribution in [0.5, 0.6) is 5.75 Å². The summed E-state index contributed by atoms with van der Waals surface area (Å²) in [6.45, 7) is 0.376. The molecule has 0 unspecified atom stereocenters. The molecule has 0 bridgehead atoms. The lowest BCUT2D eigenvalue weighted by Gasteiger charge is -2.15. The molecular formula is C12H16N4O. The Morgan fingerprint density at radius 2 is 2.06 bits per heavy atom. The smallest absolute Gasteiger partial charge is 0.141 e. The maximum atomic E-state index is 9.84. The van der Waals surface area contributed by atoms with Crippen LogP contribution in [0.1, 0.15) is 5.69 Å². The third-order valence-electron chi connectivity index (χ3n) is 2.52. The van der Waals surface area contributed by atoms with Crippen LogP contribution in [0.4, 0.5) is 5.82 Å². The molecular weight excluding hydrogens is 216 g/mol. The zero-order valence-corrected chi connectivity index (χ0v) is 9.96. The number of hydrogen-bond donors (Lipinski definition) is 2. The lowest BCUT2D eigenvalue weighted by Crippen LogP contribution is -2.14. The van der Waals surface area contributed by atoms with Crippen LogP contribution in [-0.4, -0.2) is 29.0 Å². The van der Waals surface area contributed by atoms with Gasteiger partial charge in [0.1, 0.15) is 17.3 Å². The van der Waals surface area contributed by atoms with Gasteiger partial charge in [0, 0.05) is 26.7 Å². The Hall–Kier alpha value is -2.01. The number of nitrogens with two attached hydrogens (primary N) is 1. The minimum Gasteiger partial charge on any atom is -0.506 e. The van der Waals surface area contributed by atoms with Crippen molar-refractivity contribution in [3.63, 3.8) is 0 Å². The molecule has 0 fully saturated rings. The molecule has 1 aromatic heterocycles. The van der Waals surface area contributed by atoms with Crippen molar-refractivity contribution in [2.75, 3.05) is 19.0 Å². The van der Waals surface area contributed by atoms with Gasteiger partial charge in [0.25, 0.3) is 0 Å². The second-order valence-corrected chi connectivity index (χ2v) is 3.99. The Kier molecular flexibility index (Phi) is 3.01. The maximum absolute atomic E-state index is 9.84. The van der Waals surface area contributed by atoms with Gasteiger partial charge in [-0.3, -0.25) is 0 Å². The molecule has 0 aliphatic rings. The number of benzene rings is 1. The molecule has 0 spiro atoms. The van der Waals surface area contributed by atoms with Crippen LogP contribution in [0, 0.1) is 0 Å². The minimum atomic E-state index is 0.197. The standard InChI is InChI=1S/C12H16N4O/c1-15(2)12-7-9(8-13)14-16(12)10-5-3-4-6-11(10)17/h3-7,17H,8,13H2,1-2H3.